The van der Waals surface area contributed by atoms with Crippen molar-refractivity contribution in [2.75, 3.05) is 6.61 Å². The van der Waals surface area contributed by atoms with Crippen LogP contribution < -0.4 is 16.6 Å². The van der Waals surface area contributed by atoms with Crippen LogP contribution in [0, 0.1) is 0 Å². The van der Waals surface area contributed by atoms with Gasteiger partial charge in [-0.1, -0.05) is 43.7 Å². The number of hydrazine groups is 1. The molecule has 0 saturated carbocycles. The summed E-state index contributed by atoms with van der Waals surface area (Å²) < 4.78 is 5.04. The van der Waals surface area contributed by atoms with Crippen molar-refractivity contribution in [3.8, 4) is 0 Å². The summed E-state index contributed by atoms with van der Waals surface area (Å²) in [5.41, 5.74) is 1.84. The van der Waals surface area contributed by atoms with Gasteiger partial charge in [0.25, 0.3) is 5.91 Å². The van der Waals surface area contributed by atoms with Gasteiger partial charge >= 0.3 is 6.09 Å². The summed E-state index contributed by atoms with van der Waals surface area (Å²) in [6, 6.07) is 9.39. The lowest BCUT2D eigenvalue weighted by molar-refractivity contribution is -0.127. The van der Waals surface area contributed by atoms with Gasteiger partial charge in [-0.05, 0) is 18.9 Å². The lowest BCUT2D eigenvalue weighted by Gasteiger charge is -2.28. The lowest BCUT2D eigenvalue weighted by atomic mass is 9.92. The zero-order valence-corrected chi connectivity index (χ0v) is 12.5. The maximum absolute atomic E-state index is 12.0. The van der Waals surface area contributed by atoms with Crippen LogP contribution in [0.25, 0.3) is 0 Å². The molecular weight excluding hydrogens is 270 g/mol. The molecular formula is C15H23N3O3. The molecule has 0 radical (unpaired) electrons. The molecule has 116 valence electrons. The van der Waals surface area contributed by atoms with E-state index < -0.39 is 17.5 Å². The summed E-state index contributed by atoms with van der Waals surface area (Å²) in [5, 5.41) is 2.60. The first-order valence-electron chi connectivity index (χ1n) is 7.01. The SMILES string of the molecule is CCCCOC(=O)NC(C)(Cc1ccccc1)C(=O)NN. The van der Waals surface area contributed by atoms with Gasteiger partial charge in [-0.3, -0.25) is 10.2 Å². The zero-order valence-electron chi connectivity index (χ0n) is 12.5. The van der Waals surface area contributed by atoms with E-state index in [0.717, 1.165) is 18.4 Å². The van der Waals surface area contributed by atoms with Gasteiger partial charge in [0.15, 0.2) is 0 Å². The summed E-state index contributed by atoms with van der Waals surface area (Å²) in [4.78, 5) is 23.8. The summed E-state index contributed by atoms with van der Waals surface area (Å²) in [5.74, 6) is 4.74. The minimum absolute atomic E-state index is 0.319. The van der Waals surface area contributed by atoms with Crippen LogP contribution in [0.4, 0.5) is 4.79 Å². The molecule has 21 heavy (non-hydrogen) atoms. The molecule has 0 fully saturated rings. The van der Waals surface area contributed by atoms with E-state index in [1.54, 1.807) is 6.92 Å². The van der Waals surface area contributed by atoms with Gasteiger partial charge in [0.1, 0.15) is 5.54 Å². The number of ether oxygens (including phenoxy) is 1. The van der Waals surface area contributed by atoms with E-state index in [-0.39, 0.29) is 0 Å². The van der Waals surface area contributed by atoms with Gasteiger partial charge in [0.2, 0.25) is 0 Å². The molecule has 0 aliphatic rings. The number of carbonyl (C=O) groups excluding carboxylic acids is 2. The number of hydrogen-bond donors (Lipinski definition) is 3. The summed E-state index contributed by atoms with van der Waals surface area (Å²) in [7, 11) is 0. The fourth-order valence-electron chi connectivity index (χ4n) is 1.92. The monoisotopic (exact) mass is 293 g/mol. The van der Waals surface area contributed by atoms with Crippen molar-refractivity contribution in [3.05, 3.63) is 35.9 Å². The van der Waals surface area contributed by atoms with Gasteiger partial charge < -0.3 is 10.1 Å². The van der Waals surface area contributed by atoms with Gasteiger partial charge in [0.05, 0.1) is 6.61 Å². The van der Waals surface area contributed by atoms with Crippen LogP contribution in [0.2, 0.25) is 0 Å². The Kier molecular flexibility index (Phi) is 6.68. The Labute approximate surface area is 125 Å². The van der Waals surface area contributed by atoms with Crippen molar-refractivity contribution in [1.82, 2.24) is 10.7 Å². The van der Waals surface area contributed by atoms with E-state index in [0.29, 0.717) is 13.0 Å². The Morgan fingerprint density at radius 1 is 1.29 bits per heavy atom. The van der Waals surface area contributed by atoms with E-state index in [2.05, 4.69) is 10.7 Å². The van der Waals surface area contributed by atoms with E-state index in [1.807, 2.05) is 37.3 Å². The minimum Gasteiger partial charge on any atom is -0.450 e. The maximum atomic E-state index is 12.0. The summed E-state index contributed by atoms with van der Waals surface area (Å²) >= 11 is 0. The zero-order chi connectivity index (χ0) is 15.7. The highest BCUT2D eigenvalue weighted by atomic mass is 16.5. The van der Waals surface area contributed by atoms with Crippen molar-refractivity contribution in [2.45, 2.75) is 38.6 Å². The molecule has 0 heterocycles. The molecule has 0 aliphatic heterocycles. The number of rotatable bonds is 7. The molecule has 0 saturated heterocycles. The van der Waals surface area contributed by atoms with Crippen LogP contribution in [0.15, 0.2) is 30.3 Å². The van der Waals surface area contributed by atoms with Crippen molar-refractivity contribution in [3.63, 3.8) is 0 Å². The molecule has 6 nitrogen and oxygen atoms in total. The van der Waals surface area contributed by atoms with E-state index >= 15 is 0 Å². The molecule has 1 aromatic carbocycles. The molecule has 0 aliphatic carbocycles. The van der Waals surface area contributed by atoms with Gasteiger partial charge in [-0.25, -0.2) is 10.6 Å². The molecule has 2 amide bonds. The Morgan fingerprint density at radius 2 is 1.95 bits per heavy atom. The molecule has 0 spiro atoms. The first-order chi connectivity index (χ1) is 10.0. The summed E-state index contributed by atoms with van der Waals surface area (Å²) in [6.45, 7) is 3.94. The van der Waals surface area contributed by atoms with Crippen LogP contribution in [0.1, 0.15) is 32.3 Å². The smallest absolute Gasteiger partial charge is 0.408 e. The molecule has 1 unspecified atom stereocenters. The van der Waals surface area contributed by atoms with Crippen molar-refractivity contribution in [2.24, 2.45) is 5.84 Å². The Morgan fingerprint density at radius 3 is 2.52 bits per heavy atom. The molecule has 0 aromatic heterocycles. The van der Waals surface area contributed by atoms with E-state index in [9.17, 15) is 9.59 Å². The van der Waals surface area contributed by atoms with Crippen molar-refractivity contribution >= 4 is 12.0 Å². The molecule has 4 N–H and O–H groups in total. The number of benzene rings is 1. The highest BCUT2D eigenvalue weighted by Gasteiger charge is 2.35. The number of unbranched alkanes of at least 4 members (excludes halogenated alkanes) is 1. The van der Waals surface area contributed by atoms with E-state index in [1.165, 1.54) is 0 Å². The second kappa shape index (κ2) is 8.26. The third kappa shape index (κ3) is 5.43. The number of amides is 2. The third-order valence-electron chi connectivity index (χ3n) is 3.14. The molecule has 0 bridgehead atoms. The topological polar surface area (TPSA) is 93.4 Å². The average Bonchev–Trinajstić information content (AvgIpc) is 2.47. The van der Waals surface area contributed by atoms with Crippen LogP contribution in [-0.2, 0) is 16.0 Å². The highest BCUT2D eigenvalue weighted by molar-refractivity contribution is 5.89. The Bertz CT molecular complexity index is 464. The molecule has 1 rings (SSSR count). The molecule has 1 aromatic rings. The predicted molar refractivity (Wildman–Crippen MR) is 80.3 cm³/mol. The third-order valence-corrected chi connectivity index (χ3v) is 3.14. The Hall–Kier alpha value is -2.08. The standard InChI is InChI=1S/C15H23N3O3/c1-3-4-10-21-14(20)17-15(2,13(19)18-16)11-12-8-6-5-7-9-12/h5-9H,3-4,10-11,16H2,1-2H3,(H,17,20)(H,18,19). The number of nitrogens with two attached hydrogens (primary N) is 1. The first-order valence-corrected chi connectivity index (χ1v) is 7.01. The maximum Gasteiger partial charge on any atom is 0.408 e. The van der Waals surface area contributed by atoms with Crippen LogP contribution in [0.3, 0.4) is 0 Å². The number of carbonyl (C=O) groups is 2. The second-order valence-electron chi connectivity index (χ2n) is 5.08. The summed E-state index contributed by atoms with van der Waals surface area (Å²) in [6.07, 6.45) is 1.41. The lowest BCUT2D eigenvalue weighted by Crippen LogP contribution is -2.59. The predicted octanol–water partition coefficient (Wildman–Crippen LogP) is 1.50. The fraction of sp³-hybridized carbons (Fsp3) is 0.467. The average molecular weight is 293 g/mol. The van der Waals surface area contributed by atoms with Crippen LogP contribution in [-0.4, -0.2) is 24.1 Å². The highest BCUT2D eigenvalue weighted by Crippen LogP contribution is 2.14. The first kappa shape index (κ1) is 17.0. The van der Waals surface area contributed by atoms with Gasteiger partial charge in [-0.2, -0.15) is 0 Å². The minimum atomic E-state index is -1.17. The van der Waals surface area contributed by atoms with E-state index in [4.69, 9.17) is 10.6 Å². The van der Waals surface area contributed by atoms with Gasteiger partial charge in [-0.15, -0.1) is 0 Å². The van der Waals surface area contributed by atoms with Crippen molar-refractivity contribution in [1.29, 1.82) is 0 Å². The molecule has 1 atom stereocenters. The second-order valence-corrected chi connectivity index (χ2v) is 5.08. The van der Waals surface area contributed by atoms with Gasteiger partial charge in [0, 0.05) is 6.42 Å². The van der Waals surface area contributed by atoms with Crippen LogP contribution in [0.5, 0.6) is 0 Å². The number of hydrogen-bond acceptors (Lipinski definition) is 4. The number of alkyl carbamates (subject to hydrolysis) is 1. The van der Waals surface area contributed by atoms with Crippen LogP contribution >= 0.6 is 0 Å². The normalized spacial score (nSPS) is 13.1. The molecule has 6 heteroatoms. The largest absolute Gasteiger partial charge is 0.450 e. The Balaban J connectivity index is 2.74. The number of nitrogens with one attached hydrogen (secondary N) is 2. The van der Waals surface area contributed by atoms with Crippen molar-refractivity contribution < 1.29 is 14.3 Å². The fourth-order valence-corrected chi connectivity index (χ4v) is 1.92. The quantitative estimate of drug-likeness (QED) is 0.307.